The lowest BCUT2D eigenvalue weighted by atomic mass is 10.2. The van der Waals surface area contributed by atoms with Crippen LogP contribution in [0, 0.1) is 17.1 Å². The fourth-order valence-corrected chi connectivity index (χ4v) is 1.97. The molecule has 1 N–H and O–H groups in total. The van der Waals surface area contributed by atoms with Crippen LogP contribution in [-0.2, 0) is 20.6 Å². The maximum absolute atomic E-state index is 13.6. The Balaban J connectivity index is 2.47. The van der Waals surface area contributed by atoms with Crippen molar-refractivity contribution < 1.29 is 4.39 Å². The Morgan fingerprint density at radius 2 is 1.90 bits per heavy atom. The summed E-state index contributed by atoms with van der Waals surface area (Å²) < 4.78 is 15.6. The summed E-state index contributed by atoms with van der Waals surface area (Å²) in [4.78, 5) is 23.7. The number of halogens is 1. The van der Waals surface area contributed by atoms with Crippen LogP contribution in [0.1, 0.15) is 11.1 Å². The zero-order valence-corrected chi connectivity index (χ0v) is 11.6. The first kappa shape index (κ1) is 14.5. The van der Waals surface area contributed by atoms with Crippen LogP contribution in [0.15, 0.2) is 33.9 Å². The van der Waals surface area contributed by atoms with E-state index in [1.165, 1.54) is 20.2 Å². The van der Waals surface area contributed by atoms with Gasteiger partial charge in [-0.05, 0) is 6.07 Å². The summed E-state index contributed by atoms with van der Waals surface area (Å²) in [5.74, 6) is -0.328. The van der Waals surface area contributed by atoms with Crippen LogP contribution < -0.4 is 16.6 Å². The van der Waals surface area contributed by atoms with Crippen molar-refractivity contribution in [3.05, 3.63) is 62.0 Å². The molecule has 0 saturated heterocycles. The molecule has 0 amide bonds. The zero-order chi connectivity index (χ0) is 15.6. The van der Waals surface area contributed by atoms with Crippen molar-refractivity contribution in [2.24, 2.45) is 14.1 Å². The van der Waals surface area contributed by atoms with Crippen LogP contribution in [0.4, 0.5) is 10.2 Å². The lowest BCUT2D eigenvalue weighted by molar-refractivity contribution is 0.612. The summed E-state index contributed by atoms with van der Waals surface area (Å²) in [6.07, 6.45) is 0. The number of anilines is 1. The monoisotopic (exact) mass is 288 g/mol. The molecule has 108 valence electrons. The van der Waals surface area contributed by atoms with E-state index in [1.54, 1.807) is 24.3 Å². The molecule has 2 rings (SSSR count). The van der Waals surface area contributed by atoms with Gasteiger partial charge in [-0.25, -0.2) is 9.18 Å². The number of nitriles is 1. The molecule has 21 heavy (non-hydrogen) atoms. The van der Waals surface area contributed by atoms with Crippen molar-refractivity contribution in [1.82, 2.24) is 9.13 Å². The molecule has 7 heteroatoms. The molecule has 0 aliphatic rings. The standard InChI is InChI=1S/C14H13FN4O2/c1-18-12(10(7-16)13(20)19(2)14(18)21)17-8-9-5-3-4-6-11(9)15/h3-6,17H,8H2,1-2H3. The van der Waals surface area contributed by atoms with Crippen LogP contribution in [0.2, 0.25) is 0 Å². The van der Waals surface area contributed by atoms with Gasteiger partial charge in [-0.1, -0.05) is 18.2 Å². The Morgan fingerprint density at radius 1 is 1.24 bits per heavy atom. The first-order valence-corrected chi connectivity index (χ1v) is 6.14. The van der Waals surface area contributed by atoms with E-state index in [0.29, 0.717) is 5.56 Å². The summed E-state index contributed by atoms with van der Waals surface area (Å²) in [5.41, 5.74) is -1.06. The van der Waals surface area contributed by atoms with E-state index < -0.39 is 17.1 Å². The molecule has 0 aliphatic carbocycles. The second-order valence-corrected chi connectivity index (χ2v) is 4.49. The number of nitrogens with one attached hydrogen (secondary N) is 1. The van der Waals surface area contributed by atoms with E-state index in [1.807, 2.05) is 0 Å². The molecule has 0 unspecified atom stereocenters. The molecule has 2 aromatic rings. The molecule has 0 aliphatic heterocycles. The van der Waals surface area contributed by atoms with Crippen molar-refractivity contribution >= 4 is 5.82 Å². The largest absolute Gasteiger partial charge is 0.366 e. The van der Waals surface area contributed by atoms with Gasteiger partial charge in [-0.3, -0.25) is 13.9 Å². The van der Waals surface area contributed by atoms with Crippen LogP contribution in [0.5, 0.6) is 0 Å². The first-order chi connectivity index (χ1) is 9.97. The molecule has 1 heterocycles. The van der Waals surface area contributed by atoms with Gasteiger partial charge in [-0.15, -0.1) is 0 Å². The van der Waals surface area contributed by atoms with Gasteiger partial charge in [0.2, 0.25) is 0 Å². The molecule has 0 spiro atoms. The smallest absolute Gasteiger partial charge is 0.332 e. The summed E-state index contributed by atoms with van der Waals surface area (Å²) in [5, 5.41) is 11.9. The van der Waals surface area contributed by atoms with Crippen LogP contribution in [0.3, 0.4) is 0 Å². The summed E-state index contributed by atoms with van der Waals surface area (Å²) >= 11 is 0. The first-order valence-electron chi connectivity index (χ1n) is 6.14. The Hall–Kier alpha value is -2.88. The summed E-state index contributed by atoms with van der Waals surface area (Å²) in [6, 6.07) is 7.90. The third-order valence-electron chi connectivity index (χ3n) is 3.18. The number of aromatic nitrogens is 2. The van der Waals surface area contributed by atoms with Crippen molar-refractivity contribution in [2.75, 3.05) is 5.32 Å². The van der Waals surface area contributed by atoms with Gasteiger partial charge >= 0.3 is 5.69 Å². The number of hydrogen-bond acceptors (Lipinski definition) is 4. The van der Waals surface area contributed by atoms with Crippen LogP contribution >= 0.6 is 0 Å². The van der Waals surface area contributed by atoms with E-state index in [4.69, 9.17) is 5.26 Å². The summed E-state index contributed by atoms with van der Waals surface area (Å²) in [7, 11) is 2.73. The lowest BCUT2D eigenvalue weighted by Gasteiger charge is -2.13. The zero-order valence-electron chi connectivity index (χ0n) is 11.6. The third-order valence-corrected chi connectivity index (χ3v) is 3.18. The van der Waals surface area contributed by atoms with E-state index in [2.05, 4.69) is 5.32 Å². The highest BCUT2D eigenvalue weighted by Gasteiger charge is 2.15. The lowest BCUT2D eigenvalue weighted by Crippen LogP contribution is -2.39. The summed E-state index contributed by atoms with van der Waals surface area (Å²) in [6.45, 7) is 0.0573. The molecule has 0 atom stereocenters. The predicted octanol–water partition coefficient (Wildman–Crippen LogP) is 0.707. The highest BCUT2D eigenvalue weighted by molar-refractivity contribution is 5.51. The number of nitrogens with zero attached hydrogens (tertiary/aromatic N) is 3. The topological polar surface area (TPSA) is 79.8 Å². The molecule has 0 saturated carbocycles. The van der Waals surface area contributed by atoms with Gasteiger partial charge in [0.1, 0.15) is 17.7 Å². The van der Waals surface area contributed by atoms with Crippen molar-refractivity contribution in [3.63, 3.8) is 0 Å². The Kier molecular flexibility index (Phi) is 3.89. The van der Waals surface area contributed by atoms with E-state index in [9.17, 15) is 14.0 Å². The SMILES string of the molecule is Cn1c(NCc2ccccc2F)c(C#N)c(=O)n(C)c1=O. The van der Waals surface area contributed by atoms with E-state index in [0.717, 1.165) is 9.13 Å². The second-order valence-electron chi connectivity index (χ2n) is 4.49. The quantitative estimate of drug-likeness (QED) is 0.902. The van der Waals surface area contributed by atoms with Crippen molar-refractivity contribution in [3.8, 4) is 6.07 Å². The van der Waals surface area contributed by atoms with Gasteiger partial charge in [-0.2, -0.15) is 5.26 Å². The average Bonchev–Trinajstić information content (AvgIpc) is 2.49. The fourth-order valence-electron chi connectivity index (χ4n) is 1.97. The molecular formula is C14H13FN4O2. The van der Waals surface area contributed by atoms with Crippen LogP contribution in [0.25, 0.3) is 0 Å². The van der Waals surface area contributed by atoms with E-state index in [-0.39, 0.29) is 17.9 Å². The molecule has 0 radical (unpaired) electrons. The molecule has 6 nitrogen and oxygen atoms in total. The Morgan fingerprint density at radius 3 is 2.52 bits per heavy atom. The minimum Gasteiger partial charge on any atom is -0.366 e. The van der Waals surface area contributed by atoms with E-state index >= 15 is 0 Å². The highest BCUT2D eigenvalue weighted by atomic mass is 19.1. The number of benzene rings is 1. The Labute approximate surface area is 119 Å². The molecule has 1 aromatic carbocycles. The predicted molar refractivity (Wildman–Crippen MR) is 75.4 cm³/mol. The van der Waals surface area contributed by atoms with Gasteiger partial charge in [0, 0.05) is 26.2 Å². The number of hydrogen-bond donors (Lipinski definition) is 1. The third kappa shape index (κ3) is 2.56. The Bertz CT molecular complexity index is 846. The van der Waals surface area contributed by atoms with Crippen molar-refractivity contribution in [2.45, 2.75) is 6.54 Å². The molecule has 0 bridgehead atoms. The molecule has 1 aromatic heterocycles. The number of rotatable bonds is 3. The molecule has 0 fully saturated rings. The highest BCUT2D eigenvalue weighted by Crippen LogP contribution is 2.12. The average molecular weight is 288 g/mol. The molecular weight excluding hydrogens is 275 g/mol. The maximum atomic E-state index is 13.6. The minimum atomic E-state index is -0.684. The van der Waals surface area contributed by atoms with Crippen molar-refractivity contribution in [1.29, 1.82) is 5.26 Å². The maximum Gasteiger partial charge on any atom is 0.332 e. The normalized spacial score (nSPS) is 10.2. The second kappa shape index (κ2) is 5.63. The van der Waals surface area contributed by atoms with Gasteiger partial charge in [0.05, 0.1) is 0 Å². The minimum absolute atomic E-state index is 0.0573. The van der Waals surface area contributed by atoms with Gasteiger partial charge < -0.3 is 5.32 Å². The van der Waals surface area contributed by atoms with Crippen LogP contribution in [-0.4, -0.2) is 9.13 Å². The van der Waals surface area contributed by atoms with Gasteiger partial charge in [0.15, 0.2) is 5.56 Å². The fraction of sp³-hybridized carbons (Fsp3) is 0.214. The van der Waals surface area contributed by atoms with Gasteiger partial charge in [0.25, 0.3) is 5.56 Å².